The van der Waals surface area contributed by atoms with Gasteiger partial charge in [-0.15, -0.1) is 0 Å². The number of nitrogens with zero attached hydrogens (tertiary/aromatic N) is 1. The predicted molar refractivity (Wildman–Crippen MR) is 85.6 cm³/mol. The van der Waals surface area contributed by atoms with E-state index >= 15 is 0 Å². The van der Waals surface area contributed by atoms with E-state index in [1.54, 1.807) is 14.2 Å². The van der Waals surface area contributed by atoms with E-state index in [9.17, 15) is 0 Å². The molecule has 2 aromatic carbocycles. The van der Waals surface area contributed by atoms with Crippen molar-refractivity contribution in [1.29, 1.82) is 0 Å². The van der Waals surface area contributed by atoms with E-state index < -0.39 is 0 Å². The Hall–Kier alpha value is -2.20. The molecule has 4 nitrogen and oxygen atoms in total. The van der Waals surface area contributed by atoms with E-state index in [1.807, 2.05) is 30.3 Å². The van der Waals surface area contributed by atoms with Crippen LogP contribution in [0, 0.1) is 0 Å². The molecule has 0 aliphatic rings. The van der Waals surface area contributed by atoms with Crippen molar-refractivity contribution in [2.45, 2.75) is 13.1 Å². The summed E-state index contributed by atoms with van der Waals surface area (Å²) in [7, 11) is 5.43. The molecule has 0 aliphatic heterocycles. The SMILES string of the molecule is COc1ccc(CN(C)Cc2cc(N)ccc2OC)cc1. The fraction of sp³-hybridized carbons (Fsp3) is 0.294. The summed E-state index contributed by atoms with van der Waals surface area (Å²) in [5.41, 5.74) is 8.94. The van der Waals surface area contributed by atoms with Gasteiger partial charge in [0.25, 0.3) is 0 Å². The van der Waals surface area contributed by atoms with Crippen LogP contribution in [0.1, 0.15) is 11.1 Å². The predicted octanol–water partition coefficient (Wildman–Crippen LogP) is 2.92. The molecule has 0 fully saturated rings. The van der Waals surface area contributed by atoms with Gasteiger partial charge < -0.3 is 15.2 Å². The monoisotopic (exact) mass is 286 g/mol. The molecule has 0 atom stereocenters. The van der Waals surface area contributed by atoms with Gasteiger partial charge in [-0.3, -0.25) is 4.90 Å². The molecule has 0 radical (unpaired) electrons. The Morgan fingerprint density at radius 1 is 0.952 bits per heavy atom. The third-order valence-corrected chi connectivity index (χ3v) is 3.36. The van der Waals surface area contributed by atoms with Gasteiger partial charge in [0.2, 0.25) is 0 Å². The Balaban J connectivity index is 2.03. The Kier molecular flexibility index (Phi) is 5.06. The summed E-state index contributed by atoms with van der Waals surface area (Å²) in [5.74, 6) is 1.74. The highest BCUT2D eigenvalue weighted by Crippen LogP contribution is 2.23. The van der Waals surface area contributed by atoms with Crippen molar-refractivity contribution in [1.82, 2.24) is 4.90 Å². The Morgan fingerprint density at radius 2 is 1.67 bits per heavy atom. The van der Waals surface area contributed by atoms with Crippen LogP contribution in [-0.2, 0) is 13.1 Å². The maximum atomic E-state index is 5.85. The van der Waals surface area contributed by atoms with E-state index in [1.165, 1.54) is 5.56 Å². The first kappa shape index (κ1) is 15.2. The fourth-order valence-corrected chi connectivity index (χ4v) is 2.31. The van der Waals surface area contributed by atoms with Crippen molar-refractivity contribution in [3.05, 3.63) is 53.6 Å². The molecule has 112 valence electrons. The first-order valence-corrected chi connectivity index (χ1v) is 6.86. The maximum Gasteiger partial charge on any atom is 0.123 e. The van der Waals surface area contributed by atoms with Crippen molar-refractivity contribution in [3.8, 4) is 11.5 Å². The minimum absolute atomic E-state index is 0.753. The third kappa shape index (κ3) is 4.13. The minimum Gasteiger partial charge on any atom is -0.497 e. The van der Waals surface area contributed by atoms with Gasteiger partial charge in [-0.25, -0.2) is 0 Å². The highest BCUT2D eigenvalue weighted by atomic mass is 16.5. The van der Waals surface area contributed by atoms with Gasteiger partial charge in [0.05, 0.1) is 14.2 Å². The van der Waals surface area contributed by atoms with Crippen molar-refractivity contribution < 1.29 is 9.47 Å². The highest BCUT2D eigenvalue weighted by Gasteiger charge is 2.08. The van der Waals surface area contributed by atoms with E-state index in [-0.39, 0.29) is 0 Å². The number of hydrogen-bond acceptors (Lipinski definition) is 4. The van der Waals surface area contributed by atoms with Crippen molar-refractivity contribution in [2.75, 3.05) is 27.0 Å². The molecule has 0 unspecified atom stereocenters. The van der Waals surface area contributed by atoms with E-state index in [4.69, 9.17) is 15.2 Å². The van der Waals surface area contributed by atoms with Crippen LogP contribution in [0.4, 0.5) is 5.69 Å². The summed E-state index contributed by atoms with van der Waals surface area (Å²) >= 11 is 0. The number of methoxy groups -OCH3 is 2. The van der Waals surface area contributed by atoms with Crippen LogP contribution in [0.2, 0.25) is 0 Å². The minimum atomic E-state index is 0.753. The van der Waals surface area contributed by atoms with Crippen LogP contribution in [-0.4, -0.2) is 26.2 Å². The van der Waals surface area contributed by atoms with Gasteiger partial charge >= 0.3 is 0 Å². The van der Waals surface area contributed by atoms with Crippen molar-refractivity contribution in [2.24, 2.45) is 0 Å². The van der Waals surface area contributed by atoms with Crippen LogP contribution < -0.4 is 15.2 Å². The number of rotatable bonds is 6. The molecule has 0 aromatic heterocycles. The molecule has 0 amide bonds. The number of ether oxygens (including phenoxy) is 2. The second-order valence-electron chi connectivity index (χ2n) is 5.09. The normalized spacial score (nSPS) is 10.7. The summed E-state index contributed by atoms with van der Waals surface area (Å²) in [4.78, 5) is 2.22. The van der Waals surface area contributed by atoms with Gasteiger partial charge in [-0.05, 0) is 42.9 Å². The topological polar surface area (TPSA) is 47.7 Å². The van der Waals surface area contributed by atoms with Gasteiger partial charge in [0.15, 0.2) is 0 Å². The lowest BCUT2D eigenvalue weighted by molar-refractivity contribution is 0.310. The number of nitrogens with two attached hydrogens (primary N) is 1. The van der Waals surface area contributed by atoms with Gasteiger partial charge in [0, 0.05) is 24.3 Å². The first-order valence-electron chi connectivity index (χ1n) is 6.86. The number of hydrogen-bond donors (Lipinski definition) is 1. The molecular weight excluding hydrogens is 264 g/mol. The van der Waals surface area contributed by atoms with Gasteiger partial charge in [0.1, 0.15) is 11.5 Å². The van der Waals surface area contributed by atoms with Crippen molar-refractivity contribution >= 4 is 5.69 Å². The molecule has 2 rings (SSSR count). The lowest BCUT2D eigenvalue weighted by atomic mass is 10.1. The zero-order valence-electron chi connectivity index (χ0n) is 12.8. The average Bonchev–Trinajstić information content (AvgIpc) is 2.48. The molecule has 0 bridgehead atoms. The quantitative estimate of drug-likeness (QED) is 0.829. The second-order valence-corrected chi connectivity index (χ2v) is 5.09. The van der Waals surface area contributed by atoms with Gasteiger partial charge in [-0.2, -0.15) is 0 Å². The second kappa shape index (κ2) is 6.99. The van der Waals surface area contributed by atoms with Crippen molar-refractivity contribution in [3.63, 3.8) is 0 Å². The lowest BCUT2D eigenvalue weighted by Crippen LogP contribution is -2.17. The van der Waals surface area contributed by atoms with Crippen LogP contribution >= 0.6 is 0 Å². The molecule has 0 saturated heterocycles. The van der Waals surface area contributed by atoms with E-state index in [2.05, 4.69) is 24.1 Å². The van der Waals surface area contributed by atoms with Crippen LogP contribution in [0.3, 0.4) is 0 Å². The van der Waals surface area contributed by atoms with Crippen LogP contribution in [0.15, 0.2) is 42.5 Å². The summed E-state index contributed by atoms with van der Waals surface area (Å²) < 4.78 is 10.6. The van der Waals surface area contributed by atoms with Crippen LogP contribution in [0.25, 0.3) is 0 Å². The lowest BCUT2D eigenvalue weighted by Gasteiger charge is -2.19. The average molecular weight is 286 g/mol. The molecule has 0 spiro atoms. The van der Waals surface area contributed by atoms with Gasteiger partial charge in [-0.1, -0.05) is 12.1 Å². The summed E-state index contributed by atoms with van der Waals surface area (Å²) in [6.07, 6.45) is 0. The number of anilines is 1. The zero-order chi connectivity index (χ0) is 15.2. The first-order chi connectivity index (χ1) is 10.1. The number of benzene rings is 2. The largest absolute Gasteiger partial charge is 0.497 e. The fourth-order valence-electron chi connectivity index (χ4n) is 2.31. The third-order valence-electron chi connectivity index (χ3n) is 3.36. The smallest absolute Gasteiger partial charge is 0.123 e. The molecule has 2 aromatic rings. The molecule has 4 heteroatoms. The molecule has 2 N–H and O–H groups in total. The van der Waals surface area contributed by atoms with E-state index in [0.29, 0.717) is 0 Å². The maximum absolute atomic E-state index is 5.85. The Morgan fingerprint density at radius 3 is 2.29 bits per heavy atom. The van der Waals surface area contributed by atoms with E-state index in [0.717, 1.165) is 35.8 Å². The molecule has 21 heavy (non-hydrogen) atoms. The zero-order valence-corrected chi connectivity index (χ0v) is 12.8. The molecule has 0 saturated carbocycles. The molecule has 0 heterocycles. The summed E-state index contributed by atoms with van der Waals surface area (Å²) in [6, 6.07) is 13.8. The van der Waals surface area contributed by atoms with Crippen LogP contribution in [0.5, 0.6) is 11.5 Å². The molecule has 0 aliphatic carbocycles. The Labute approximate surface area is 126 Å². The highest BCUT2D eigenvalue weighted by molar-refractivity contribution is 5.47. The Bertz CT molecular complexity index is 582. The number of nitrogen functional groups attached to an aromatic ring is 1. The standard InChI is InChI=1S/C17H22N2O2/c1-19(11-13-4-7-16(20-2)8-5-13)12-14-10-15(18)6-9-17(14)21-3/h4-10H,11-12,18H2,1-3H3. The summed E-state index contributed by atoms with van der Waals surface area (Å²) in [6.45, 7) is 1.63. The summed E-state index contributed by atoms with van der Waals surface area (Å²) in [5, 5.41) is 0. The molecular formula is C17H22N2O2.